The number of methoxy groups -OCH3 is 1. The number of hydrogen-bond acceptors (Lipinski definition) is 7. The average molecular weight is 396 g/mol. The summed E-state index contributed by atoms with van der Waals surface area (Å²) in [5, 5.41) is 3.41. The number of carbonyl (C=O) groups excluding carboxylic acids is 1. The first kappa shape index (κ1) is 20.9. The Kier molecular flexibility index (Phi) is 7.06. The van der Waals surface area contributed by atoms with E-state index in [9.17, 15) is 31.2 Å². The van der Waals surface area contributed by atoms with Crippen molar-refractivity contribution in [3.05, 3.63) is 40.8 Å². The molecule has 0 saturated carbocycles. The molecule has 142 valence electrons. The van der Waals surface area contributed by atoms with Crippen molar-refractivity contribution in [2.75, 3.05) is 7.11 Å². The van der Waals surface area contributed by atoms with Crippen LogP contribution in [0.5, 0.6) is 11.8 Å². The summed E-state index contributed by atoms with van der Waals surface area (Å²) in [5.41, 5.74) is -0.842. The molecule has 0 aliphatic heterocycles. The molecule has 26 heavy (non-hydrogen) atoms. The highest BCUT2D eigenvalue weighted by molar-refractivity contribution is 7.62. The van der Waals surface area contributed by atoms with Gasteiger partial charge >= 0.3 is 34.6 Å². The maximum atomic E-state index is 11.5. The molecule has 0 aliphatic carbocycles. The molecule has 2 aromatic rings. The highest BCUT2D eigenvalue weighted by atomic mass is 32.2. The number of halogens is 3. The summed E-state index contributed by atoms with van der Waals surface area (Å²) in [7, 11) is -0.367. The second kappa shape index (κ2) is 8.80. The van der Waals surface area contributed by atoms with Gasteiger partial charge in [-0.05, 0) is 12.1 Å². The number of hydrogen-bond donors (Lipinski definition) is 0. The van der Waals surface area contributed by atoms with E-state index in [2.05, 4.69) is 18.9 Å². The van der Waals surface area contributed by atoms with Crippen LogP contribution in [-0.2, 0) is 17.5 Å². The number of amides is 1. The largest absolute Gasteiger partial charge is 0.573 e. The lowest BCUT2D eigenvalue weighted by atomic mass is 10.3. The zero-order valence-corrected chi connectivity index (χ0v) is 14.0. The van der Waals surface area contributed by atoms with E-state index in [1.807, 2.05) is 0 Å². The number of benzene rings is 1. The molecule has 1 aromatic heterocycles. The first-order chi connectivity index (χ1) is 12.0. The Morgan fingerprint density at radius 2 is 1.81 bits per heavy atom. The summed E-state index contributed by atoms with van der Waals surface area (Å²) < 4.78 is 66.8. The predicted molar refractivity (Wildman–Crippen MR) is 79.3 cm³/mol. The molecule has 0 bridgehead atoms. The summed E-state index contributed by atoms with van der Waals surface area (Å²) in [6.07, 6.45) is -4.60. The fraction of sp³-hybridized carbons (Fsp3) is 0.250. The van der Waals surface area contributed by atoms with E-state index < -0.39 is 28.6 Å². The lowest BCUT2D eigenvalue weighted by Gasteiger charge is -2.07. The van der Waals surface area contributed by atoms with Gasteiger partial charge < -0.3 is 9.47 Å². The van der Waals surface area contributed by atoms with Crippen molar-refractivity contribution in [2.45, 2.75) is 6.36 Å². The van der Waals surface area contributed by atoms with E-state index in [1.165, 1.54) is 38.4 Å². The molecule has 0 spiro atoms. The Labute approximate surface area is 145 Å². The second-order valence-corrected chi connectivity index (χ2v) is 4.81. The quantitative estimate of drug-likeness (QED) is 0.748. The van der Waals surface area contributed by atoms with Gasteiger partial charge in [-0.25, -0.2) is 14.2 Å². The summed E-state index contributed by atoms with van der Waals surface area (Å²) in [5.74, 6) is -0.194. The lowest BCUT2D eigenvalue weighted by Crippen LogP contribution is -2.27. The molecule has 0 radical (unpaired) electrons. The SMILES string of the molecule is COc1nn(C(=O)N=S(=O)=O)c(=O)n1C.FC(F)(F)Oc1ccccc1. The van der Waals surface area contributed by atoms with Crippen LogP contribution in [-0.4, -0.2) is 42.3 Å². The van der Waals surface area contributed by atoms with E-state index >= 15 is 0 Å². The van der Waals surface area contributed by atoms with Crippen LogP contribution < -0.4 is 15.2 Å². The smallest absolute Gasteiger partial charge is 0.467 e. The predicted octanol–water partition coefficient (Wildman–Crippen LogP) is 1.21. The van der Waals surface area contributed by atoms with E-state index in [0.29, 0.717) is 0 Å². The molecule has 1 heterocycles. The van der Waals surface area contributed by atoms with Crippen molar-refractivity contribution in [1.29, 1.82) is 0 Å². The summed E-state index contributed by atoms with van der Waals surface area (Å²) >= 11 is 0. The highest BCUT2D eigenvalue weighted by Crippen LogP contribution is 2.21. The van der Waals surface area contributed by atoms with Crippen LogP contribution in [0.15, 0.2) is 39.5 Å². The summed E-state index contributed by atoms with van der Waals surface area (Å²) in [6.45, 7) is 0. The van der Waals surface area contributed by atoms with Crippen molar-refractivity contribution in [1.82, 2.24) is 14.3 Å². The van der Waals surface area contributed by atoms with Gasteiger partial charge in [0, 0.05) is 7.05 Å². The molecular weight excluding hydrogens is 385 g/mol. The molecule has 1 aromatic carbocycles. The second-order valence-electron chi connectivity index (χ2n) is 4.19. The van der Waals surface area contributed by atoms with Gasteiger partial charge in [-0.15, -0.1) is 23.0 Å². The minimum Gasteiger partial charge on any atom is -0.467 e. The van der Waals surface area contributed by atoms with Crippen molar-refractivity contribution in [2.24, 2.45) is 11.4 Å². The molecule has 0 fully saturated rings. The van der Waals surface area contributed by atoms with Crippen LogP contribution in [0, 0.1) is 0 Å². The maximum absolute atomic E-state index is 11.5. The van der Waals surface area contributed by atoms with Gasteiger partial charge in [0.2, 0.25) is 0 Å². The van der Waals surface area contributed by atoms with Gasteiger partial charge in [-0.1, -0.05) is 22.6 Å². The van der Waals surface area contributed by atoms with Crippen molar-refractivity contribution in [3.8, 4) is 11.8 Å². The first-order valence-electron chi connectivity index (χ1n) is 6.41. The zero-order valence-electron chi connectivity index (χ0n) is 13.2. The topological polar surface area (TPSA) is 122 Å². The van der Waals surface area contributed by atoms with Gasteiger partial charge in [0.25, 0.3) is 0 Å². The molecule has 14 heteroatoms. The van der Waals surface area contributed by atoms with Gasteiger partial charge in [0.15, 0.2) is 0 Å². The van der Waals surface area contributed by atoms with E-state index in [4.69, 9.17) is 0 Å². The number of rotatable bonds is 2. The Hall–Kier alpha value is -3.16. The van der Waals surface area contributed by atoms with Gasteiger partial charge in [0.1, 0.15) is 5.75 Å². The van der Waals surface area contributed by atoms with Crippen molar-refractivity contribution < 1.29 is 35.9 Å². The van der Waals surface area contributed by atoms with Crippen LogP contribution in [0.25, 0.3) is 0 Å². The molecule has 0 saturated heterocycles. The monoisotopic (exact) mass is 396 g/mol. The standard InChI is InChI=1S/C7H5F3O.C5H6N4O5S/c8-7(9,10)11-6-4-2-1-3-5-6;1-8-4(14-2)6-9(5(8)11)3(10)7-15(12)13/h1-5H;1-2H3. The Balaban J connectivity index is 0.000000273. The van der Waals surface area contributed by atoms with Crippen LogP contribution in [0.1, 0.15) is 0 Å². The highest BCUT2D eigenvalue weighted by Gasteiger charge is 2.30. The normalized spacial score (nSPS) is 10.3. The molecule has 0 N–H and O–H groups in total. The average Bonchev–Trinajstić information content (AvgIpc) is 2.82. The zero-order chi connectivity index (χ0) is 19.9. The van der Waals surface area contributed by atoms with Crippen molar-refractivity contribution >= 4 is 16.5 Å². The van der Waals surface area contributed by atoms with E-state index in [1.54, 1.807) is 6.07 Å². The number of alkyl halides is 3. The van der Waals surface area contributed by atoms with Crippen LogP contribution >= 0.6 is 0 Å². The first-order valence-corrected chi connectivity index (χ1v) is 7.44. The van der Waals surface area contributed by atoms with Gasteiger partial charge in [-0.3, -0.25) is 0 Å². The maximum Gasteiger partial charge on any atom is 0.573 e. The third kappa shape index (κ3) is 6.39. The molecule has 0 atom stereocenters. The number of ether oxygens (including phenoxy) is 2. The number of nitrogens with zero attached hydrogens (tertiary/aromatic N) is 4. The number of aromatic nitrogens is 3. The van der Waals surface area contributed by atoms with Crippen LogP contribution in [0.4, 0.5) is 18.0 Å². The third-order valence-electron chi connectivity index (χ3n) is 2.43. The molecule has 0 aliphatic rings. The molecule has 1 amide bonds. The Morgan fingerprint density at radius 3 is 2.23 bits per heavy atom. The van der Waals surface area contributed by atoms with Gasteiger partial charge in [-0.2, -0.15) is 8.42 Å². The van der Waals surface area contributed by atoms with Crippen molar-refractivity contribution in [3.63, 3.8) is 0 Å². The van der Waals surface area contributed by atoms with Crippen LogP contribution in [0.2, 0.25) is 0 Å². The fourth-order valence-electron chi connectivity index (χ4n) is 1.45. The van der Waals surface area contributed by atoms with E-state index in [0.717, 1.165) is 4.57 Å². The molecule has 2 rings (SSSR count). The minimum absolute atomic E-state index is 0.125. The number of para-hydroxylation sites is 1. The molecule has 10 nitrogen and oxygen atoms in total. The lowest BCUT2D eigenvalue weighted by molar-refractivity contribution is -0.274. The minimum atomic E-state index is -4.60. The molecular formula is C12H11F3N4O6S. The van der Waals surface area contributed by atoms with E-state index in [-0.39, 0.29) is 16.4 Å². The fourth-order valence-corrected chi connectivity index (χ4v) is 1.65. The van der Waals surface area contributed by atoms with Gasteiger partial charge in [0.05, 0.1) is 7.11 Å². The summed E-state index contributed by atoms with van der Waals surface area (Å²) in [4.78, 5) is 22.3. The Bertz CT molecular complexity index is 942. The Morgan fingerprint density at radius 1 is 1.23 bits per heavy atom. The number of carbonyl (C=O) groups is 1. The molecule has 0 unspecified atom stereocenters. The third-order valence-corrected chi connectivity index (χ3v) is 2.74. The summed E-state index contributed by atoms with van der Waals surface area (Å²) in [6, 6.07) is 5.62. The van der Waals surface area contributed by atoms with Crippen LogP contribution in [0.3, 0.4) is 0 Å².